The predicted octanol–water partition coefficient (Wildman–Crippen LogP) is 1.99. The number of amides is 1. The Bertz CT molecular complexity index is 399. The monoisotopic (exact) mass is 227 g/mol. The Kier molecular flexibility index (Phi) is 3.49. The highest BCUT2D eigenvalue weighted by Gasteiger charge is 2.16. The van der Waals surface area contributed by atoms with Crippen LogP contribution in [0.3, 0.4) is 0 Å². The van der Waals surface area contributed by atoms with Crippen molar-refractivity contribution >= 4 is 5.91 Å². The molecule has 0 aliphatic carbocycles. The van der Waals surface area contributed by atoms with E-state index in [0.29, 0.717) is 0 Å². The van der Waals surface area contributed by atoms with E-state index in [0.717, 1.165) is 12.1 Å². The van der Waals surface area contributed by atoms with Crippen molar-refractivity contribution in [2.24, 2.45) is 0 Å². The van der Waals surface area contributed by atoms with Crippen LogP contribution in [-0.4, -0.2) is 16.6 Å². The third kappa shape index (κ3) is 3.51. The van der Waals surface area contributed by atoms with Crippen LogP contribution in [0.2, 0.25) is 0 Å². The third-order valence-electron chi connectivity index (χ3n) is 1.65. The smallest absolute Gasteiger partial charge is 0.278 e. The maximum atomic E-state index is 12.7. The Balaban J connectivity index is 2.74. The molecule has 4 nitrogen and oxygen atoms in total. The molecule has 0 fully saturated rings. The summed E-state index contributed by atoms with van der Waals surface area (Å²) in [7, 11) is 0. The van der Waals surface area contributed by atoms with Gasteiger partial charge in [-0.2, -0.15) is 0 Å². The zero-order valence-corrected chi connectivity index (χ0v) is 9.37. The molecular formula is C11H14FNO3. The molecule has 0 saturated heterocycles. The second-order valence-corrected chi connectivity index (χ2v) is 4.31. The van der Waals surface area contributed by atoms with Crippen LogP contribution in [0.15, 0.2) is 18.2 Å². The fourth-order valence-electron chi connectivity index (χ4n) is 0.951. The van der Waals surface area contributed by atoms with E-state index in [9.17, 15) is 14.3 Å². The lowest BCUT2D eigenvalue weighted by Crippen LogP contribution is -2.33. The number of hydrogen-bond acceptors (Lipinski definition) is 3. The number of phenols is 1. The van der Waals surface area contributed by atoms with Gasteiger partial charge in [0.15, 0.2) is 0 Å². The summed E-state index contributed by atoms with van der Waals surface area (Å²) in [5, 5.41) is 9.33. The van der Waals surface area contributed by atoms with Crippen LogP contribution in [0.5, 0.6) is 5.75 Å². The number of carbonyl (C=O) groups excluding carboxylic acids is 1. The summed E-state index contributed by atoms with van der Waals surface area (Å²) >= 11 is 0. The number of phenolic OH excluding ortho intramolecular Hbond substituents is 1. The fourth-order valence-corrected chi connectivity index (χ4v) is 0.951. The summed E-state index contributed by atoms with van der Waals surface area (Å²) in [5.41, 5.74) is 1.60. The predicted molar refractivity (Wildman–Crippen MR) is 56.4 cm³/mol. The number of aromatic hydroxyl groups is 1. The first kappa shape index (κ1) is 12.4. The highest BCUT2D eigenvalue weighted by Crippen LogP contribution is 2.18. The molecule has 1 aromatic carbocycles. The van der Waals surface area contributed by atoms with Gasteiger partial charge in [0, 0.05) is 6.07 Å². The van der Waals surface area contributed by atoms with Gasteiger partial charge in [-0.15, -0.1) is 0 Å². The van der Waals surface area contributed by atoms with E-state index in [1.54, 1.807) is 20.8 Å². The molecule has 0 unspecified atom stereocenters. The van der Waals surface area contributed by atoms with Gasteiger partial charge in [-0.05, 0) is 32.9 Å². The Morgan fingerprint density at radius 3 is 2.56 bits per heavy atom. The highest BCUT2D eigenvalue weighted by atomic mass is 19.1. The molecule has 0 bridgehead atoms. The molecule has 88 valence electrons. The van der Waals surface area contributed by atoms with Crippen LogP contribution in [0.4, 0.5) is 4.39 Å². The molecule has 5 heteroatoms. The summed E-state index contributed by atoms with van der Waals surface area (Å²) in [4.78, 5) is 16.5. The Labute approximate surface area is 93.0 Å². The first-order valence-electron chi connectivity index (χ1n) is 4.76. The van der Waals surface area contributed by atoms with Gasteiger partial charge in [0.2, 0.25) is 0 Å². The van der Waals surface area contributed by atoms with Gasteiger partial charge in [0.25, 0.3) is 5.91 Å². The van der Waals surface area contributed by atoms with Crippen LogP contribution in [0.1, 0.15) is 31.1 Å². The average Bonchev–Trinajstić information content (AvgIpc) is 2.13. The lowest BCUT2D eigenvalue weighted by Gasteiger charge is -2.19. The number of halogens is 1. The van der Waals surface area contributed by atoms with Crippen molar-refractivity contribution < 1.29 is 19.1 Å². The van der Waals surface area contributed by atoms with E-state index in [1.807, 2.05) is 0 Å². The minimum atomic E-state index is -0.618. The molecule has 0 atom stereocenters. The first-order chi connectivity index (χ1) is 7.29. The van der Waals surface area contributed by atoms with Crippen molar-refractivity contribution in [2.75, 3.05) is 0 Å². The molecule has 16 heavy (non-hydrogen) atoms. The SMILES string of the molecule is CC(C)(C)ONC(=O)c1ccc(F)cc1O. The van der Waals surface area contributed by atoms with Crippen LogP contribution < -0.4 is 5.48 Å². The fraction of sp³-hybridized carbons (Fsp3) is 0.364. The topological polar surface area (TPSA) is 58.6 Å². The lowest BCUT2D eigenvalue weighted by molar-refractivity contribution is -0.0590. The molecule has 0 saturated carbocycles. The second-order valence-electron chi connectivity index (χ2n) is 4.31. The molecule has 1 amide bonds. The molecular weight excluding hydrogens is 213 g/mol. The van der Waals surface area contributed by atoms with Gasteiger partial charge in [-0.3, -0.25) is 9.63 Å². The quantitative estimate of drug-likeness (QED) is 0.759. The normalized spacial score (nSPS) is 11.2. The second kappa shape index (κ2) is 4.49. The summed E-state index contributed by atoms with van der Waals surface area (Å²) in [6.45, 7) is 5.29. The van der Waals surface area contributed by atoms with E-state index in [-0.39, 0.29) is 5.56 Å². The molecule has 0 aliphatic rings. The van der Waals surface area contributed by atoms with Gasteiger partial charge in [0.05, 0.1) is 11.2 Å². The molecule has 0 aliphatic heterocycles. The standard InChI is InChI=1S/C11H14FNO3/c1-11(2,3)16-13-10(15)8-5-4-7(12)6-9(8)14/h4-6,14H,1-3H3,(H,13,15). The highest BCUT2D eigenvalue weighted by molar-refractivity contribution is 5.96. The van der Waals surface area contributed by atoms with Gasteiger partial charge >= 0.3 is 0 Å². The summed E-state index contributed by atoms with van der Waals surface area (Å²) in [6, 6.07) is 3.14. The number of hydrogen-bond donors (Lipinski definition) is 2. The van der Waals surface area contributed by atoms with E-state index in [1.165, 1.54) is 6.07 Å². The van der Waals surface area contributed by atoms with Gasteiger partial charge in [-0.25, -0.2) is 9.87 Å². The summed E-state index contributed by atoms with van der Waals surface area (Å²) in [6.07, 6.45) is 0. The van der Waals surface area contributed by atoms with Gasteiger partial charge < -0.3 is 5.11 Å². The molecule has 0 heterocycles. The molecule has 0 spiro atoms. The number of nitrogens with one attached hydrogen (secondary N) is 1. The third-order valence-corrected chi connectivity index (χ3v) is 1.65. The number of carbonyl (C=O) groups is 1. The van der Waals surface area contributed by atoms with Crippen LogP contribution in [-0.2, 0) is 4.84 Å². The van der Waals surface area contributed by atoms with Crippen molar-refractivity contribution in [3.63, 3.8) is 0 Å². The molecule has 0 radical (unpaired) electrons. The van der Waals surface area contributed by atoms with Crippen LogP contribution >= 0.6 is 0 Å². The zero-order valence-electron chi connectivity index (χ0n) is 9.37. The Hall–Kier alpha value is -1.62. The van der Waals surface area contributed by atoms with Crippen molar-refractivity contribution in [1.29, 1.82) is 0 Å². The minimum Gasteiger partial charge on any atom is -0.507 e. The van der Waals surface area contributed by atoms with Gasteiger partial charge in [0.1, 0.15) is 11.6 Å². The molecule has 0 aromatic heterocycles. The maximum Gasteiger partial charge on any atom is 0.278 e. The average molecular weight is 227 g/mol. The molecule has 2 N–H and O–H groups in total. The number of benzene rings is 1. The summed E-state index contributed by atoms with van der Waals surface area (Å²) < 4.78 is 12.7. The van der Waals surface area contributed by atoms with Crippen molar-refractivity contribution in [1.82, 2.24) is 5.48 Å². The maximum absolute atomic E-state index is 12.7. The lowest BCUT2D eigenvalue weighted by atomic mass is 10.2. The van der Waals surface area contributed by atoms with Crippen molar-refractivity contribution in [3.8, 4) is 5.75 Å². The minimum absolute atomic E-state index is 0.0364. The molecule has 1 rings (SSSR count). The van der Waals surface area contributed by atoms with Crippen molar-refractivity contribution in [3.05, 3.63) is 29.6 Å². The summed E-state index contributed by atoms with van der Waals surface area (Å²) in [5.74, 6) is -1.65. The number of hydroxylamine groups is 1. The Morgan fingerprint density at radius 2 is 2.06 bits per heavy atom. The Morgan fingerprint density at radius 1 is 1.44 bits per heavy atom. The largest absolute Gasteiger partial charge is 0.507 e. The zero-order chi connectivity index (χ0) is 12.3. The van der Waals surface area contributed by atoms with E-state index in [4.69, 9.17) is 4.84 Å². The van der Waals surface area contributed by atoms with E-state index in [2.05, 4.69) is 5.48 Å². The van der Waals surface area contributed by atoms with Crippen LogP contribution in [0.25, 0.3) is 0 Å². The first-order valence-corrected chi connectivity index (χ1v) is 4.76. The van der Waals surface area contributed by atoms with Crippen molar-refractivity contribution in [2.45, 2.75) is 26.4 Å². The molecule has 1 aromatic rings. The van der Waals surface area contributed by atoms with Crippen LogP contribution in [0, 0.1) is 5.82 Å². The van der Waals surface area contributed by atoms with E-state index >= 15 is 0 Å². The van der Waals surface area contributed by atoms with E-state index < -0.39 is 23.1 Å². The van der Waals surface area contributed by atoms with Gasteiger partial charge in [-0.1, -0.05) is 0 Å². The number of rotatable bonds is 2.